The summed E-state index contributed by atoms with van der Waals surface area (Å²) in [5.41, 5.74) is -0.976. The Hall–Kier alpha value is -1.40. The van der Waals surface area contributed by atoms with Crippen molar-refractivity contribution in [1.82, 2.24) is 0 Å². The van der Waals surface area contributed by atoms with Crippen molar-refractivity contribution in [2.75, 3.05) is 13.4 Å². The van der Waals surface area contributed by atoms with Crippen LogP contribution in [0.3, 0.4) is 0 Å². The molecule has 0 radical (unpaired) electrons. The molecule has 0 aromatic heterocycles. The average molecular weight is 314 g/mol. The van der Waals surface area contributed by atoms with Crippen molar-refractivity contribution in [2.45, 2.75) is 31.3 Å². The number of benzene rings is 1. The average Bonchev–Trinajstić information content (AvgIpc) is 2.37. The van der Waals surface area contributed by atoms with E-state index in [-0.39, 0.29) is 10.8 Å². The fourth-order valence-electron chi connectivity index (χ4n) is 2.50. The molecule has 0 bridgehead atoms. The van der Waals surface area contributed by atoms with Gasteiger partial charge in [-0.05, 0) is 30.5 Å². The quantitative estimate of drug-likeness (QED) is 0.837. The molecule has 0 aliphatic carbocycles. The van der Waals surface area contributed by atoms with Crippen LogP contribution in [0.5, 0.6) is 0 Å². The number of hydrogen-bond donors (Lipinski definition) is 1. The predicted octanol–water partition coefficient (Wildman–Crippen LogP) is 1.74. The molecule has 0 fully saturated rings. The number of esters is 1. The minimum atomic E-state index is -3.30. The first-order valence-electron chi connectivity index (χ1n) is 6.62. The monoisotopic (exact) mass is 314 g/mol. The number of carbonyl (C=O) groups is 1. The molecule has 1 aromatic rings. The smallest absolute Gasteiger partial charge is 0.312 e. The Morgan fingerprint density at radius 2 is 1.71 bits per heavy atom. The van der Waals surface area contributed by atoms with Gasteiger partial charge in [0.25, 0.3) is 0 Å². The second kappa shape index (κ2) is 6.15. The van der Waals surface area contributed by atoms with Gasteiger partial charge in [-0.25, -0.2) is 8.42 Å². The molecule has 0 aliphatic heterocycles. The fourth-order valence-corrected chi connectivity index (χ4v) is 3.13. The highest BCUT2D eigenvalue weighted by Gasteiger charge is 2.41. The van der Waals surface area contributed by atoms with Crippen LogP contribution in [0.25, 0.3) is 0 Å². The molecule has 21 heavy (non-hydrogen) atoms. The molecule has 1 rings (SSSR count). The summed E-state index contributed by atoms with van der Waals surface area (Å²) >= 11 is 0. The zero-order valence-electron chi connectivity index (χ0n) is 13.0. The van der Waals surface area contributed by atoms with Crippen molar-refractivity contribution in [3.63, 3.8) is 0 Å². The van der Waals surface area contributed by atoms with Crippen LogP contribution in [0, 0.1) is 11.8 Å². The summed E-state index contributed by atoms with van der Waals surface area (Å²) in [7, 11) is -2.02. The van der Waals surface area contributed by atoms with Crippen LogP contribution in [-0.2, 0) is 25.0 Å². The lowest BCUT2D eigenvalue weighted by atomic mass is 9.76. The van der Waals surface area contributed by atoms with Crippen molar-refractivity contribution in [2.24, 2.45) is 11.8 Å². The summed E-state index contributed by atoms with van der Waals surface area (Å²) in [4.78, 5) is 12.1. The van der Waals surface area contributed by atoms with Gasteiger partial charge in [-0.3, -0.25) is 4.79 Å². The first kappa shape index (κ1) is 17.7. The van der Waals surface area contributed by atoms with Crippen molar-refractivity contribution < 1.29 is 23.1 Å². The summed E-state index contributed by atoms with van der Waals surface area (Å²) in [5, 5.41) is 10.8. The van der Waals surface area contributed by atoms with E-state index in [2.05, 4.69) is 0 Å². The summed E-state index contributed by atoms with van der Waals surface area (Å²) in [6.07, 6.45) is 1.12. The molecular weight excluding hydrogens is 292 g/mol. The molecule has 1 aromatic carbocycles. The van der Waals surface area contributed by atoms with E-state index in [4.69, 9.17) is 4.74 Å². The van der Waals surface area contributed by atoms with Gasteiger partial charge >= 0.3 is 5.97 Å². The molecule has 0 amide bonds. The van der Waals surface area contributed by atoms with Crippen LogP contribution in [0.1, 0.15) is 26.3 Å². The van der Waals surface area contributed by atoms with Crippen molar-refractivity contribution in [3.05, 3.63) is 29.8 Å². The molecule has 0 saturated heterocycles. The van der Waals surface area contributed by atoms with E-state index in [9.17, 15) is 18.3 Å². The lowest BCUT2D eigenvalue weighted by Crippen LogP contribution is -2.41. The summed E-state index contributed by atoms with van der Waals surface area (Å²) < 4.78 is 27.7. The second-order valence-electron chi connectivity index (χ2n) is 5.69. The topological polar surface area (TPSA) is 80.7 Å². The largest absolute Gasteiger partial charge is 0.469 e. The van der Waals surface area contributed by atoms with Crippen LogP contribution < -0.4 is 0 Å². The second-order valence-corrected chi connectivity index (χ2v) is 7.70. The zero-order chi connectivity index (χ0) is 16.4. The fraction of sp³-hybridized carbons (Fsp3) is 0.533. The number of hydrogen-bond acceptors (Lipinski definition) is 5. The predicted molar refractivity (Wildman–Crippen MR) is 79.5 cm³/mol. The van der Waals surface area contributed by atoms with E-state index in [1.807, 2.05) is 13.8 Å². The van der Waals surface area contributed by atoms with Gasteiger partial charge in [0.05, 0.1) is 17.9 Å². The molecule has 0 heterocycles. The van der Waals surface area contributed by atoms with Crippen molar-refractivity contribution >= 4 is 15.8 Å². The van der Waals surface area contributed by atoms with Gasteiger partial charge in [-0.15, -0.1) is 0 Å². The van der Waals surface area contributed by atoms with Crippen molar-refractivity contribution in [1.29, 1.82) is 0 Å². The molecule has 2 atom stereocenters. The summed E-state index contributed by atoms with van der Waals surface area (Å²) in [6, 6.07) is 5.89. The molecule has 0 spiro atoms. The zero-order valence-corrected chi connectivity index (χ0v) is 13.8. The Bertz CT molecular complexity index is 599. The van der Waals surface area contributed by atoms with E-state index in [0.717, 1.165) is 6.26 Å². The lowest BCUT2D eigenvalue weighted by Gasteiger charge is -2.34. The number of carbonyl (C=O) groups excluding carboxylic acids is 1. The molecule has 0 saturated carbocycles. The Labute approximate surface area is 125 Å². The van der Waals surface area contributed by atoms with Gasteiger partial charge in [0.15, 0.2) is 9.84 Å². The normalized spacial score (nSPS) is 16.3. The number of aliphatic hydroxyl groups is 1. The molecule has 2 unspecified atom stereocenters. The Morgan fingerprint density at radius 1 is 1.24 bits per heavy atom. The van der Waals surface area contributed by atoms with Gasteiger partial charge in [0.1, 0.15) is 5.60 Å². The van der Waals surface area contributed by atoms with E-state index < -0.39 is 27.3 Å². The number of methoxy groups -OCH3 is 1. The van der Waals surface area contributed by atoms with E-state index in [0.29, 0.717) is 5.56 Å². The highest BCUT2D eigenvalue weighted by molar-refractivity contribution is 7.90. The van der Waals surface area contributed by atoms with E-state index >= 15 is 0 Å². The molecule has 1 N–H and O–H groups in total. The third kappa shape index (κ3) is 3.83. The van der Waals surface area contributed by atoms with Crippen molar-refractivity contribution in [3.8, 4) is 0 Å². The third-order valence-corrected chi connectivity index (χ3v) is 4.72. The summed E-state index contributed by atoms with van der Waals surface area (Å²) in [5.74, 6) is -1.38. The molecule has 118 valence electrons. The maximum absolute atomic E-state index is 11.9. The van der Waals surface area contributed by atoms with Crippen LogP contribution in [0.2, 0.25) is 0 Å². The Balaban J connectivity index is 3.25. The SMILES string of the molecule is COC(=O)C(C(C)C)C(C)(O)c1ccc(S(C)(=O)=O)cc1. The first-order valence-corrected chi connectivity index (χ1v) is 8.51. The van der Waals surface area contributed by atoms with Gasteiger partial charge in [0, 0.05) is 6.26 Å². The highest BCUT2D eigenvalue weighted by Crippen LogP contribution is 2.35. The minimum Gasteiger partial charge on any atom is -0.469 e. The Morgan fingerprint density at radius 3 is 2.05 bits per heavy atom. The van der Waals surface area contributed by atoms with Gasteiger partial charge < -0.3 is 9.84 Å². The molecule has 5 nitrogen and oxygen atoms in total. The highest BCUT2D eigenvalue weighted by atomic mass is 32.2. The van der Waals surface area contributed by atoms with E-state index in [1.165, 1.54) is 38.3 Å². The standard InChI is InChI=1S/C15H22O5S/c1-10(2)13(14(16)20-4)15(3,17)11-6-8-12(9-7-11)21(5,18)19/h6-10,13,17H,1-5H3. The molecule has 6 heteroatoms. The Kier molecular flexibility index (Phi) is 5.17. The van der Waals surface area contributed by atoms with Crippen LogP contribution >= 0.6 is 0 Å². The lowest BCUT2D eigenvalue weighted by molar-refractivity contribution is -0.159. The maximum Gasteiger partial charge on any atom is 0.312 e. The molecular formula is C15H22O5S. The van der Waals surface area contributed by atoms with Gasteiger partial charge in [-0.1, -0.05) is 26.0 Å². The number of sulfone groups is 1. The van der Waals surface area contributed by atoms with Crippen LogP contribution in [0.15, 0.2) is 29.2 Å². The number of ether oxygens (including phenoxy) is 1. The summed E-state index contributed by atoms with van der Waals surface area (Å²) in [6.45, 7) is 5.17. The van der Waals surface area contributed by atoms with Crippen LogP contribution in [-0.4, -0.2) is 32.9 Å². The molecule has 0 aliphatic rings. The minimum absolute atomic E-state index is 0.137. The van der Waals surface area contributed by atoms with E-state index in [1.54, 1.807) is 0 Å². The third-order valence-electron chi connectivity index (χ3n) is 3.59. The van der Waals surface area contributed by atoms with Gasteiger partial charge in [0.2, 0.25) is 0 Å². The van der Waals surface area contributed by atoms with Crippen LogP contribution in [0.4, 0.5) is 0 Å². The maximum atomic E-state index is 11.9. The van der Waals surface area contributed by atoms with Gasteiger partial charge in [-0.2, -0.15) is 0 Å². The first-order chi connectivity index (χ1) is 9.51. The number of rotatable bonds is 5.